The van der Waals surface area contributed by atoms with Crippen molar-refractivity contribution in [2.24, 2.45) is 11.8 Å². The Kier molecular flexibility index (Phi) is 2.90. The smallest absolute Gasteiger partial charge is 0.325 e. The van der Waals surface area contributed by atoms with Gasteiger partial charge in [0.05, 0.1) is 0 Å². The Hall–Kier alpha value is -1.06. The summed E-state index contributed by atoms with van der Waals surface area (Å²) >= 11 is 0. The SMILES string of the molecule is CC(NC(=O)C(C)C1CC1)C(=O)O. The van der Waals surface area contributed by atoms with Gasteiger partial charge in [-0.2, -0.15) is 0 Å². The number of carbonyl (C=O) groups excluding carboxylic acids is 1. The Morgan fingerprint density at radius 1 is 1.38 bits per heavy atom. The maximum Gasteiger partial charge on any atom is 0.325 e. The van der Waals surface area contributed by atoms with E-state index in [0.29, 0.717) is 5.92 Å². The summed E-state index contributed by atoms with van der Waals surface area (Å²) in [5.41, 5.74) is 0. The number of carbonyl (C=O) groups is 2. The fourth-order valence-electron chi connectivity index (χ4n) is 1.22. The average Bonchev–Trinajstić information content (AvgIpc) is 2.85. The average molecular weight is 185 g/mol. The molecule has 0 aliphatic heterocycles. The minimum absolute atomic E-state index is 0.0400. The normalized spacial score (nSPS) is 20.5. The Morgan fingerprint density at radius 2 is 1.92 bits per heavy atom. The van der Waals surface area contributed by atoms with Gasteiger partial charge >= 0.3 is 5.97 Å². The predicted molar refractivity (Wildman–Crippen MR) is 47.1 cm³/mol. The third kappa shape index (κ3) is 2.72. The highest BCUT2D eigenvalue weighted by atomic mass is 16.4. The molecule has 0 bridgehead atoms. The molecule has 2 N–H and O–H groups in total. The van der Waals surface area contributed by atoms with E-state index in [1.807, 2.05) is 6.92 Å². The molecule has 0 heterocycles. The van der Waals surface area contributed by atoms with Crippen molar-refractivity contribution in [3.63, 3.8) is 0 Å². The number of nitrogens with one attached hydrogen (secondary N) is 1. The van der Waals surface area contributed by atoms with Gasteiger partial charge in [-0.05, 0) is 25.7 Å². The molecule has 0 radical (unpaired) electrons. The Morgan fingerprint density at radius 3 is 2.31 bits per heavy atom. The molecule has 2 atom stereocenters. The van der Waals surface area contributed by atoms with E-state index in [1.54, 1.807) is 0 Å². The Balaban J connectivity index is 2.35. The highest BCUT2D eigenvalue weighted by molar-refractivity contribution is 5.84. The van der Waals surface area contributed by atoms with Gasteiger partial charge in [0.2, 0.25) is 5.91 Å². The van der Waals surface area contributed by atoms with Crippen LogP contribution in [0.3, 0.4) is 0 Å². The lowest BCUT2D eigenvalue weighted by atomic mass is 10.1. The molecule has 0 aromatic rings. The first-order chi connectivity index (χ1) is 6.02. The second-order valence-corrected chi connectivity index (χ2v) is 3.69. The van der Waals surface area contributed by atoms with Crippen LogP contribution in [-0.2, 0) is 9.59 Å². The molecule has 2 unspecified atom stereocenters. The minimum Gasteiger partial charge on any atom is -0.480 e. The molecule has 4 heteroatoms. The number of aliphatic carboxylic acids is 1. The number of amides is 1. The largest absolute Gasteiger partial charge is 0.480 e. The first-order valence-electron chi connectivity index (χ1n) is 4.55. The molecule has 74 valence electrons. The van der Waals surface area contributed by atoms with Gasteiger partial charge in [0, 0.05) is 5.92 Å². The van der Waals surface area contributed by atoms with Crippen LogP contribution in [0.5, 0.6) is 0 Å². The molecule has 0 aromatic heterocycles. The van der Waals surface area contributed by atoms with E-state index in [0.717, 1.165) is 12.8 Å². The molecule has 4 nitrogen and oxygen atoms in total. The van der Waals surface area contributed by atoms with Gasteiger partial charge in [-0.1, -0.05) is 6.92 Å². The monoisotopic (exact) mass is 185 g/mol. The summed E-state index contributed by atoms with van der Waals surface area (Å²) in [4.78, 5) is 21.8. The zero-order valence-corrected chi connectivity index (χ0v) is 7.91. The summed E-state index contributed by atoms with van der Waals surface area (Å²) in [6.45, 7) is 3.32. The van der Waals surface area contributed by atoms with Gasteiger partial charge in [-0.15, -0.1) is 0 Å². The van der Waals surface area contributed by atoms with Gasteiger partial charge in [-0.25, -0.2) is 0 Å². The first-order valence-corrected chi connectivity index (χ1v) is 4.55. The van der Waals surface area contributed by atoms with Crippen molar-refractivity contribution in [2.75, 3.05) is 0 Å². The second-order valence-electron chi connectivity index (χ2n) is 3.69. The second kappa shape index (κ2) is 3.77. The van der Waals surface area contributed by atoms with Gasteiger partial charge in [-0.3, -0.25) is 9.59 Å². The zero-order valence-electron chi connectivity index (χ0n) is 7.91. The summed E-state index contributed by atoms with van der Waals surface area (Å²) in [5.74, 6) is -0.698. The van der Waals surface area contributed by atoms with E-state index in [9.17, 15) is 9.59 Å². The van der Waals surface area contributed by atoms with Crippen LogP contribution in [0, 0.1) is 11.8 Å². The predicted octanol–water partition coefficient (Wildman–Crippen LogP) is 0.622. The summed E-state index contributed by atoms with van der Waals surface area (Å²) in [5, 5.41) is 11.0. The Labute approximate surface area is 77.3 Å². The molecular weight excluding hydrogens is 170 g/mol. The van der Waals surface area contributed by atoms with Crippen LogP contribution in [0.4, 0.5) is 0 Å². The third-order valence-electron chi connectivity index (χ3n) is 2.47. The lowest BCUT2D eigenvalue weighted by molar-refractivity contribution is -0.141. The van der Waals surface area contributed by atoms with Gasteiger partial charge in [0.15, 0.2) is 0 Å². The van der Waals surface area contributed by atoms with E-state index in [-0.39, 0.29) is 11.8 Å². The van der Waals surface area contributed by atoms with Crippen LogP contribution in [0.2, 0.25) is 0 Å². The Bertz CT molecular complexity index is 223. The minimum atomic E-state index is -0.989. The van der Waals surface area contributed by atoms with Crippen molar-refractivity contribution in [2.45, 2.75) is 32.7 Å². The van der Waals surface area contributed by atoms with Gasteiger partial charge in [0.1, 0.15) is 6.04 Å². The van der Waals surface area contributed by atoms with Crippen molar-refractivity contribution < 1.29 is 14.7 Å². The lowest BCUT2D eigenvalue weighted by Gasteiger charge is -2.13. The fraction of sp³-hybridized carbons (Fsp3) is 0.778. The van der Waals surface area contributed by atoms with E-state index in [2.05, 4.69) is 5.32 Å². The zero-order chi connectivity index (χ0) is 10.0. The summed E-state index contributed by atoms with van der Waals surface area (Å²) in [6.07, 6.45) is 2.19. The van der Waals surface area contributed by atoms with Gasteiger partial charge in [0.25, 0.3) is 0 Å². The maximum atomic E-state index is 11.4. The highest BCUT2D eigenvalue weighted by Crippen LogP contribution is 2.36. The van der Waals surface area contributed by atoms with Crippen molar-refractivity contribution >= 4 is 11.9 Å². The molecule has 1 rings (SSSR count). The molecular formula is C9H15NO3. The van der Waals surface area contributed by atoms with E-state index in [4.69, 9.17) is 5.11 Å². The molecule has 1 saturated carbocycles. The van der Waals surface area contributed by atoms with Crippen LogP contribution in [0.15, 0.2) is 0 Å². The van der Waals surface area contributed by atoms with E-state index < -0.39 is 12.0 Å². The van der Waals surface area contributed by atoms with E-state index in [1.165, 1.54) is 6.92 Å². The molecule has 13 heavy (non-hydrogen) atoms. The lowest BCUT2D eigenvalue weighted by Crippen LogP contribution is -2.41. The molecule has 1 aliphatic rings. The number of carboxylic acid groups (broad SMARTS) is 1. The topological polar surface area (TPSA) is 66.4 Å². The number of carboxylic acids is 1. The first kappa shape index (κ1) is 10.0. The summed E-state index contributed by atoms with van der Waals surface area (Å²) in [6, 6.07) is -0.784. The summed E-state index contributed by atoms with van der Waals surface area (Å²) in [7, 11) is 0. The summed E-state index contributed by atoms with van der Waals surface area (Å²) < 4.78 is 0. The van der Waals surface area contributed by atoms with Crippen molar-refractivity contribution in [3.05, 3.63) is 0 Å². The number of hydrogen-bond acceptors (Lipinski definition) is 2. The fourth-order valence-corrected chi connectivity index (χ4v) is 1.22. The third-order valence-corrected chi connectivity index (χ3v) is 2.47. The van der Waals surface area contributed by atoms with Crippen LogP contribution >= 0.6 is 0 Å². The van der Waals surface area contributed by atoms with Crippen molar-refractivity contribution in [1.82, 2.24) is 5.32 Å². The standard InChI is InChI=1S/C9H15NO3/c1-5(7-3-4-7)8(11)10-6(2)9(12)13/h5-7H,3-4H2,1-2H3,(H,10,11)(H,12,13). The van der Waals surface area contributed by atoms with Crippen LogP contribution < -0.4 is 5.32 Å². The molecule has 1 fully saturated rings. The molecule has 1 aliphatic carbocycles. The van der Waals surface area contributed by atoms with Crippen LogP contribution in [-0.4, -0.2) is 23.0 Å². The van der Waals surface area contributed by atoms with E-state index >= 15 is 0 Å². The van der Waals surface area contributed by atoms with Crippen LogP contribution in [0.1, 0.15) is 26.7 Å². The van der Waals surface area contributed by atoms with Crippen molar-refractivity contribution in [1.29, 1.82) is 0 Å². The quantitative estimate of drug-likeness (QED) is 0.674. The molecule has 0 spiro atoms. The number of rotatable bonds is 4. The van der Waals surface area contributed by atoms with Gasteiger partial charge < -0.3 is 10.4 Å². The highest BCUT2D eigenvalue weighted by Gasteiger charge is 2.33. The maximum absolute atomic E-state index is 11.4. The van der Waals surface area contributed by atoms with Crippen molar-refractivity contribution in [3.8, 4) is 0 Å². The molecule has 1 amide bonds. The molecule has 0 saturated heterocycles. The molecule has 0 aromatic carbocycles. The number of hydrogen-bond donors (Lipinski definition) is 2. The van der Waals surface area contributed by atoms with Crippen LogP contribution in [0.25, 0.3) is 0 Å².